The third-order valence-corrected chi connectivity index (χ3v) is 2.47. The number of phenolic OH excluding ortho intramolecular Hbond substituents is 1. The van der Waals surface area contributed by atoms with Crippen LogP contribution >= 0.6 is 27.7 Å². The second-order valence-electron chi connectivity index (χ2n) is 2.26. The van der Waals surface area contributed by atoms with Crippen LogP contribution in [0.3, 0.4) is 0 Å². The SMILES string of the molecule is Cc1cc(Br)cc(SC#N)c1O. The molecular weight excluding hydrogens is 238 g/mol. The van der Waals surface area contributed by atoms with Crippen LogP contribution in [0, 0.1) is 17.6 Å². The van der Waals surface area contributed by atoms with Crippen LogP contribution in [0.5, 0.6) is 5.75 Å². The van der Waals surface area contributed by atoms with Gasteiger partial charge >= 0.3 is 0 Å². The average molecular weight is 244 g/mol. The van der Waals surface area contributed by atoms with Crippen LogP contribution in [-0.2, 0) is 0 Å². The number of rotatable bonds is 1. The van der Waals surface area contributed by atoms with Crippen molar-refractivity contribution >= 4 is 27.7 Å². The van der Waals surface area contributed by atoms with Crippen LogP contribution in [0.25, 0.3) is 0 Å². The minimum atomic E-state index is 0.185. The summed E-state index contributed by atoms with van der Waals surface area (Å²) in [6.07, 6.45) is 0. The highest BCUT2D eigenvalue weighted by Gasteiger charge is 2.05. The first-order chi connectivity index (χ1) is 5.65. The van der Waals surface area contributed by atoms with Crippen LogP contribution in [0.1, 0.15) is 5.56 Å². The number of aromatic hydroxyl groups is 1. The lowest BCUT2D eigenvalue weighted by Gasteiger charge is -2.03. The van der Waals surface area contributed by atoms with Crippen LogP contribution < -0.4 is 0 Å². The molecule has 0 aliphatic heterocycles. The number of nitriles is 1. The first kappa shape index (κ1) is 9.43. The zero-order chi connectivity index (χ0) is 9.14. The van der Waals surface area contributed by atoms with E-state index in [2.05, 4.69) is 15.9 Å². The van der Waals surface area contributed by atoms with E-state index in [1.54, 1.807) is 19.1 Å². The number of hydrogen-bond acceptors (Lipinski definition) is 3. The number of phenols is 1. The Balaban J connectivity index is 3.20. The summed E-state index contributed by atoms with van der Waals surface area (Å²) in [5, 5.41) is 19.8. The number of thioether (sulfide) groups is 1. The molecule has 0 spiro atoms. The second kappa shape index (κ2) is 3.83. The van der Waals surface area contributed by atoms with E-state index in [0.717, 1.165) is 21.8 Å². The number of aryl methyl sites for hydroxylation is 1. The molecule has 4 heteroatoms. The molecular formula is C8H6BrNOS. The van der Waals surface area contributed by atoms with E-state index in [1.165, 1.54) is 0 Å². The zero-order valence-electron chi connectivity index (χ0n) is 6.34. The summed E-state index contributed by atoms with van der Waals surface area (Å²) in [6, 6.07) is 3.52. The molecule has 0 unspecified atom stereocenters. The molecule has 0 heterocycles. The Morgan fingerprint density at radius 3 is 2.83 bits per heavy atom. The van der Waals surface area contributed by atoms with Crippen LogP contribution in [-0.4, -0.2) is 5.11 Å². The maximum Gasteiger partial charge on any atom is 0.138 e. The quantitative estimate of drug-likeness (QED) is 0.610. The monoisotopic (exact) mass is 243 g/mol. The van der Waals surface area contributed by atoms with Gasteiger partial charge in [-0.15, -0.1) is 0 Å². The molecule has 0 aliphatic carbocycles. The minimum Gasteiger partial charge on any atom is -0.506 e. The molecule has 0 radical (unpaired) electrons. The van der Waals surface area contributed by atoms with Crippen molar-refractivity contribution < 1.29 is 5.11 Å². The van der Waals surface area contributed by atoms with E-state index >= 15 is 0 Å². The highest BCUT2D eigenvalue weighted by atomic mass is 79.9. The van der Waals surface area contributed by atoms with Crippen LogP contribution in [0.4, 0.5) is 0 Å². The third kappa shape index (κ3) is 1.93. The summed E-state index contributed by atoms with van der Waals surface area (Å²) in [5.74, 6) is 0.185. The first-order valence-corrected chi connectivity index (χ1v) is 4.81. The lowest BCUT2D eigenvalue weighted by Crippen LogP contribution is -1.78. The normalized spacial score (nSPS) is 9.42. The Kier molecular flexibility index (Phi) is 3.01. The molecule has 0 atom stereocenters. The Labute approximate surface area is 83.3 Å². The molecule has 0 saturated carbocycles. The molecule has 0 aromatic heterocycles. The molecule has 0 saturated heterocycles. The molecule has 12 heavy (non-hydrogen) atoms. The van der Waals surface area contributed by atoms with E-state index in [1.807, 2.05) is 5.40 Å². The summed E-state index contributed by atoms with van der Waals surface area (Å²) in [5.41, 5.74) is 0.766. The fourth-order valence-electron chi connectivity index (χ4n) is 0.832. The summed E-state index contributed by atoms with van der Waals surface area (Å²) < 4.78 is 0.871. The maximum atomic E-state index is 9.46. The van der Waals surface area contributed by atoms with Gasteiger partial charge in [0.25, 0.3) is 0 Å². The second-order valence-corrected chi connectivity index (χ2v) is 4.00. The van der Waals surface area contributed by atoms with Crippen molar-refractivity contribution in [1.29, 1.82) is 5.26 Å². The summed E-state index contributed by atoms with van der Waals surface area (Å²) >= 11 is 4.24. The van der Waals surface area contributed by atoms with Gasteiger partial charge in [0.1, 0.15) is 11.2 Å². The highest BCUT2D eigenvalue weighted by molar-refractivity contribution is 9.10. The lowest BCUT2D eigenvalue weighted by molar-refractivity contribution is 0.458. The number of benzene rings is 1. The molecule has 0 aliphatic rings. The van der Waals surface area contributed by atoms with Crippen molar-refractivity contribution in [3.8, 4) is 11.2 Å². The van der Waals surface area contributed by atoms with Crippen molar-refractivity contribution in [2.24, 2.45) is 0 Å². The van der Waals surface area contributed by atoms with E-state index in [4.69, 9.17) is 5.26 Å². The predicted molar refractivity (Wildman–Crippen MR) is 52.0 cm³/mol. The largest absolute Gasteiger partial charge is 0.506 e. The van der Waals surface area contributed by atoms with Gasteiger partial charge in [0.2, 0.25) is 0 Å². The van der Waals surface area contributed by atoms with Crippen molar-refractivity contribution in [1.82, 2.24) is 0 Å². The topological polar surface area (TPSA) is 44.0 Å². The molecule has 1 aromatic rings. The van der Waals surface area contributed by atoms with E-state index in [-0.39, 0.29) is 5.75 Å². The Hall–Kier alpha value is -0.660. The molecule has 1 rings (SSSR count). The molecule has 0 bridgehead atoms. The molecule has 62 valence electrons. The van der Waals surface area contributed by atoms with Gasteiger partial charge in [-0.1, -0.05) is 15.9 Å². The standard InChI is InChI=1S/C8H6BrNOS/c1-5-2-6(9)3-7(8(5)11)12-4-10/h2-3,11H,1H3. The van der Waals surface area contributed by atoms with Gasteiger partial charge in [-0.2, -0.15) is 5.26 Å². The fourth-order valence-corrected chi connectivity index (χ4v) is 2.10. The van der Waals surface area contributed by atoms with Crippen molar-refractivity contribution in [3.63, 3.8) is 0 Å². The Bertz CT molecular complexity index is 346. The van der Waals surface area contributed by atoms with E-state index < -0.39 is 0 Å². The highest BCUT2D eigenvalue weighted by Crippen LogP contribution is 2.33. The molecule has 1 aromatic carbocycles. The van der Waals surface area contributed by atoms with Gasteiger partial charge in [0.05, 0.1) is 4.90 Å². The van der Waals surface area contributed by atoms with E-state index in [0.29, 0.717) is 4.90 Å². The molecule has 0 amide bonds. The predicted octanol–water partition coefficient (Wildman–Crippen LogP) is 3.04. The van der Waals surface area contributed by atoms with Gasteiger partial charge in [-0.05, 0) is 36.4 Å². The van der Waals surface area contributed by atoms with Crippen molar-refractivity contribution in [2.75, 3.05) is 0 Å². The van der Waals surface area contributed by atoms with Gasteiger partial charge in [-0.25, -0.2) is 0 Å². The summed E-state index contributed by atoms with van der Waals surface area (Å²) in [4.78, 5) is 0.587. The van der Waals surface area contributed by atoms with Gasteiger partial charge < -0.3 is 5.11 Å². The Morgan fingerprint density at radius 1 is 1.58 bits per heavy atom. The zero-order valence-corrected chi connectivity index (χ0v) is 8.74. The molecule has 1 N–H and O–H groups in total. The minimum absolute atomic E-state index is 0.185. The van der Waals surface area contributed by atoms with Crippen LogP contribution in [0.2, 0.25) is 0 Å². The molecule has 2 nitrogen and oxygen atoms in total. The number of hydrogen-bond donors (Lipinski definition) is 1. The van der Waals surface area contributed by atoms with Gasteiger partial charge in [-0.3, -0.25) is 0 Å². The first-order valence-electron chi connectivity index (χ1n) is 3.20. The maximum absolute atomic E-state index is 9.46. The van der Waals surface area contributed by atoms with Crippen LogP contribution in [0.15, 0.2) is 21.5 Å². The summed E-state index contributed by atoms with van der Waals surface area (Å²) in [7, 11) is 0. The number of halogens is 1. The number of thiocyanates is 1. The van der Waals surface area contributed by atoms with E-state index in [9.17, 15) is 5.11 Å². The number of nitrogens with zero attached hydrogens (tertiary/aromatic N) is 1. The van der Waals surface area contributed by atoms with Crippen molar-refractivity contribution in [2.45, 2.75) is 11.8 Å². The fraction of sp³-hybridized carbons (Fsp3) is 0.125. The third-order valence-electron chi connectivity index (χ3n) is 1.39. The lowest BCUT2D eigenvalue weighted by atomic mass is 10.2. The van der Waals surface area contributed by atoms with Crippen molar-refractivity contribution in [3.05, 3.63) is 22.2 Å². The smallest absolute Gasteiger partial charge is 0.138 e. The Morgan fingerprint density at radius 2 is 2.25 bits per heavy atom. The van der Waals surface area contributed by atoms with Gasteiger partial charge in [0.15, 0.2) is 0 Å². The summed E-state index contributed by atoms with van der Waals surface area (Å²) in [6.45, 7) is 1.79. The average Bonchev–Trinajstić information content (AvgIpc) is 2.00. The molecule has 0 fully saturated rings. The van der Waals surface area contributed by atoms with Gasteiger partial charge in [0, 0.05) is 4.47 Å².